The van der Waals surface area contributed by atoms with E-state index in [0.29, 0.717) is 11.3 Å². The molecule has 2 aromatic rings. The average Bonchev–Trinajstić information content (AvgIpc) is 2.38. The van der Waals surface area contributed by atoms with Crippen molar-refractivity contribution in [1.29, 1.82) is 0 Å². The number of halogens is 3. The third kappa shape index (κ3) is 2.96. The molecular weight excluding hydrogens is 379 g/mol. The van der Waals surface area contributed by atoms with Crippen LogP contribution in [0.2, 0.25) is 0 Å². The minimum absolute atomic E-state index is 0.168. The Hall–Kier alpha value is -0.980. The first kappa shape index (κ1) is 14.4. The van der Waals surface area contributed by atoms with Gasteiger partial charge in [0.2, 0.25) is 0 Å². The smallest absolute Gasteiger partial charge is 0.170 e. The Bertz CT molecular complexity index is 607. The number of pyridine rings is 1. The zero-order valence-corrected chi connectivity index (χ0v) is 13.2. The fraction of sp³-hybridized carbons (Fsp3) is 0.154. The molecule has 0 spiro atoms. The van der Waals surface area contributed by atoms with Crippen molar-refractivity contribution in [2.75, 3.05) is 7.11 Å². The van der Waals surface area contributed by atoms with Gasteiger partial charge in [-0.15, -0.1) is 0 Å². The van der Waals surface area contributed by atoms with Gasteiger partial charge in [-0.25, -0.2) is 4.39 Å². The molecule has 0 amide bonds. The normalized spacial score (nSPS) is 12.3. The van der Waals surface area contributed by atoms with Gasteiger partial charge in [-0.2, -0.15) is 0 Å². The van der Waals surface area contributed by atoms with Crippen molar-refractivity contribution < 1.29 is 9.13 Å². The van der Waals surface area contributed by atoms with E-state index in [0.717, 1.165) is 8.95 Å². The highest BCUT2D eigenvalue weighted by atomic mass is 79.9. The van der Waals surface area contributed by atoms with Crippen LogP contribution in [0.25, 0.3) is 0 Å². The highest BCUT2D eigenvalue weighted by Gasteiger charge is 2.19. The van der Waals surface area contributed by atoms with E-state index in [4.69, 9.17) is 10.5 Å². The number of rotatable bonds is 3. The van der Waals surface area contributed by atoms with Gasteiger partial charge in [-0.1, -0.05) is 12.1 Å². The van der Waals surface area contributed by atoms with E-state index in [9.17, 15) is 4.39 Å². The maximum Gasteiger partial charge on any atom is 0.170 e. The van der Waals surface area contributed by atoms with Crippen molar-refractivity contribution >= 4 is 31.9 Å². The summed E-state index contributed by atoms with van der Waals surface area (Å²) >= 11 is 6.69. The van der Waals surface area contributed by atoms with E-state index in [1.165, 1.54) is 7.11 Å². The molecule has 1 unspecified atom stereocenters. The summed E-state index contributed by atoms with van der Waals surface area (Å²) in [4.78, 5) is 4.22. The lowest BCUT2D eigenvalue weighted by Gasteiger charge is -2.15. The SMILES string of the molecule is COc1cccc(C(N)c2ncc(Br)cc2Br)c1F. The van der Waals surface area contributed by atoms with Gasteiger partial charge in [-0.3, -0.25) is 4.98 Å². The highest BCUT2D eigenvalue weighted by molar-refractivity contribution is 9.11. The first-order chi connectivity index (χ1) is 9.04. The number of nitrogens with zero attached hydrogens (tertiary/aromatic N) is 1. The van der Waals surface area contributed by atoms with Gasteiger partial charge in [0.05, 0.1) is 18.8 Å². The van der Waals surface area contributed by atoms with Crippen molar-refractivity contribution in [2.45, 2.75) is 6.04 Å². The molecule has 1 atom stereocenters. The van der Waals surface area contributed by atoms with Gasteiger partial charge in [0.15, 0.2) is 11.6 Å². The summed E-state index contributed by atoms with van der Waals surface area (Å²) in [5.74, 6) is -0.296. The van der Waals surface area contributed by atoms with Crippen LogP contribution in [0.4, 0.5) is 4.39 Å². The summed E-state index contributed by atoms with van der Waals surface area (Å²) in [5.41, 5.74) is 7.00. The number of hydrogen-bond acceptors (Lipinski definition) is 3. The first-order valence-corrected chi connectivity index (χ1v) is 7.02. The van der Waals surface area contributed by atoms with Crippen molar-refractivity contribution in [3.63, 3.8) is 0 Å². The predicted molar refractivity (Wildman–Crippen MR) is 78.6 cm³/mol. The molecule has 0 aliphatic carbocycles. The molecule has 0 aliphatic heterocycles. The fourth-order valence-corrected chi connectivity index (χ4v) is 2.96. The van der Waals surface area contributed by atoms with E-state index in [1.54, 1.807) is 24.4 Å². The first-order valence-electron chi connectivity index (χ1n) is 5.43. The van der Waals surface area contributed by atoms with Crippen LogP contribution >= 0.6 is 31.9 Å². The number of aromatic nitrogens is 1. The third-order valence-electron chi connectivity index (χ3n) is 2.68. The maximum atomic E-state index is 14.2. The van der Waals surface area contributed by atoms with Crippen LogP contribution in [0.3, 0.4) is 0 Å². The fourth-order valence-electron chi connectivity index (χ4n) is 1.73. The Morgan fingerprint density at radius 2 is 2.11 bits per heavy atom. The number of hydrogen-bond donors (Lipinski definition) is 1. The topological polar surface area (TPSA) is 48.1 Å². The molecule has 19 heavy (non-hydrogen) atoms. The summed E-state index contributed by atoms with van der Waals surface area (Å²) < 4.78 is 20.7. The van der Waals surface area contributed by atoms with Crippen molar-refractivity contribution in [3.8, 4) is 5.75 Å². The van der Waals surface area contributed by atoms with Crippen LogP contribution in [0.15, 0.2) is 39.4 Å². The summed E-state index contributed by atoms with van der Waals surface area (Å²) in [6, 6.07) is 6.02. The second kappa shape index (κ2) is 5.98. The molecule has 0 saturated heterocycles. The van der Waals surface area contributed by atoms with Crippen molar-refractivity contribution in [3.05, 3.63) is 56.5 Å². The standard InChI is InChI=1S/C13H11Br2FN2O/c1-19-10-4-2-3-8(11(10)16)12(17)13-9(15)5-7(14)6-18-13/h2-6,12H,17H2,1H3. The minimum Gasteiger partial charge on any atom is -0.494 e. The Labute approximate surface area is 127 Å². The lowest BCUT2D eigenvalue weighted by atomic mass is 10.0. The lowest BCUT2D eigenvalue weighted by molar-refractivity contribution is 0.383. The highest BCUT2D eigenvalue weighted by Crippen LogP contribution is 2.31. The molecule has 6 heteroatoms. The molecule has 0 radical (unpaired) electrons. The van der Waals surface area contributed by atoms with E-state index in [-0.39, 0.29) is 5.75 Å². The largest absolute Gasteiger partial charge is 0.494 e. The van der Waals surface area contributed by atoms with Crippen LogP contribution in [0, 0.1) is 5.82 Å². The van der Waals surface area contributed by atoms with Gasteiger partial charge in [0.1, 0.15) is 0 Å². The van der Waals surface area contributed by atoms with Gasteiger partial charge in [0.25, 0.3) is 0 Å². The van der Waals surface area contributed by atoms with E-state index in [2.05, 4.69) is 36.8 Å². The van der Waals surface area contributed by atoms with Crippen LogP contribution in [-0.4, -0.2) is 12.1 Å². The van der Waals surface area contributed by atoms with Gasteiger partial charge in [0, 0.05) is 20.7 Å². The number of benzene rings is 1. The van der Waals surface area contributed by atoms with Gasteiger partial charge in [-0.05, 0) is 44.0 Å². The molecule has 0 saturated carbocycles. The van der Waals surface area contributed by atoms with Crippen molar-refractivity contribution in [2.24, 2.45) is 5.73 Å². The number of nitrogens with two attached hydrogens (primary N) is 1. The third-order valence-corrected chi connectivity index (χ3v) is 3.75. The molecular formula is C13H11Br2FN2O. The van der Waals surface area contributed by atoms with Crippen LogP contribution in [0.5, 0.6) is 5.75 Å². The van der Waals surface area contributed by atoms with E-state index in [1.807, 2.05) is 6.07 Å². The van der Waals surface area contributed by atoms with Gasteiger partial charge >= 0.3 is 0 Å². The molecule has 2 N–H and O–H groups in total. The second-order valence-corrected chi connectivity index (χ2v) is 5.63. The molecule has 1 heterocycles. The van der Waals surface area contributed by atoms with E-state index < -0.39 is 11.9 Å². The summed E-state index contributed by atoms with van der Waals surface area (Å²) in [6.07, 6.45) is 1.62. The van der Waals surface area contributed by atoms with Crippen molar-refractivity contribution in [1.82, 2.24) is 4.98 Å². The maximum absolute atomic E-state index is 14.2. The summed E-state index contributed by atoms with van der Waals surface area (Å²) in [7, 11) is 1.42. The quantitative estimate of drug-likeness (QED) is 0.868. The number of methoxy groups -OCH3 is 1. The second-order valence-electron chi connectivity index (χ2n) is 3.86. The Kier molecular flexibility index (Phi) is 4.54. The summed E-state index contributed by atoms with van der Waals surface area (Å²) in [6.45, 7) is 0. The molecule has 2 rings (SSSR count). The Morgan fingerprint density at radius 3 is 2.74 bits per heavy atom. The molecule has 1 aromatic heterocycles. The molecule has 1 aromatic carbocycles. The zero-order chi connectivity index (χ0) is 14.0. The Morgan fingerprint density at radius 1 is 1.37 bits per heavy atom. The van der Waals surface area contributed by atoms with E-state index >= 15 is 0 Å². The van der Waals surface area contributed by atoms with Crippen LogP contribution < -0.4 is 10.5 Å². The van der Waals surface area contributed by atoms with Gasteiger partial charge < -0.3 is 10.5 Å². The zero-order valence-electron chi connectivity index (χ0n) is 10.0. The molecule has 0 aliphatic rings. The Balaban J connectivity index is 2.47. The lowest BCUT2D eigenvalue weighted by Crippen LogP contribution is -2.16. The molecule has 0 bridgehead atoms. The van der Waals surface area contributed by atoms with Crippen LogP contribution in [0.1, 0.15) is 17.3 Å². The summed E-state index contributed by atoms with van der Waals surface area (Å²) in [5, 5.41) is 0. The minimum atomic E-state index is -0.669. The molecule has 3 nitrogen and oxygen atoms in total. The molecule has 0 fully saturated rings. The average molecular weight is 390 g/mol. The number of ether oxygens (including phenoxy) is 1. The molecule has 100 valence electrons. The predicted octanol–water partition coefficient (Wildman–Crippen LogP) is 3.80. The van der Waals surface area contributed by atoms with Crippen LogP contribution in [-0.2, 0) is 0 Å². The monoisotopic (exact) mass is 388 g/mol.